The average molecular weight is 491 g/mol. The first-order chi connectivity index (χ1) is 16.7. The molecule has 35 heavy (non-hydrogen) atoms. The van der Waals surface area contributed by atoms with Crippen LogP contribution in [-0.2, 0) is 4.79 Å². The number of carbonyl (C=O) groups is 1. The first-order valence-corrected chi connectivity index (χ1v) is 12.4. The molecule has 0 aliphatic rings. The van der Waals surface area contributed by atoms with Crippen molar-refractivity contribution in [1.29, 1.82) is 0 Å². The van der Waals surface area contributed by atoms with Crippen LogP contribution in [0.3, 0.4) is 0 Å². The van der Waals surface area contributed by atoms with Crippen LogP contribution in [0, 0.1) is 6.92 Å². The van der Waals surface area contributed by atoms with Crippen molar-refractivity contribution in [2.75, 3.05) is 11.9 Å². The van der Waals surface area contributed by atoms with E-state index in [4.69, 9.17) is 20.8 Å². The number of anilines is 1. The highest BCUT2D eigenvalue weighted by Crippen LogP contribution is 2.32. The zero-order valence-electron chi connectivity index (χ0n) is 20.8. The summed E-state index contributed by atoms with van der Waals surface area (Å²) in [4.78, 5) is 17.4. The molecule has 6 heteroatoms. The van der Waals surface area contributed by atoms with Crippen LogP contribution < -0.4 is 10.1 Å². The number of aromatic nitrogens is 1. The van der Waals surface area contributed by atoms with Crippen molar-refractivity contribution in [3.05, 3.63) is 76.3 Å². The molecule has 0 radical (unpaired) electrons. The zero-order chi connectivity index (χ0) is 25.1. The normalized spacial score (nSPS) is 12.2. The van der Waals surface area contributed by atoms with E-state index in [0.717, 1.165) is 40.0 Å². The summed E-state index contributed by atoms with van der Waals surface area (Å²) >= 11 is 6.38. The lowest BCUT2D eigenvalue weighted by molar-refractivity contribution is -0.118. The van der Waals surface area contributed by atoms with Crippen LogP contribution >= 0.6 is 11.6 Å². The highest BCUT2D eigenvalue weighted by atomic mass is 35.5. The van der Waals surface area contributed by atoms with Gasteiger partial charge in [0, 0.05) is 5.56 Å². The maximum Gasteiger partial charge on any atom is 0.262 e. The molecule has 1 heterocycles. The van der Waals surface area contributed by atoms with Gasteiger partial charge in [-0.3, -0.25) is 4.79 Å². The molecule has 4 rings (SSSR count). The molecule has 1 N–H and O–H groups in total. The molecule has 0 aliphatic carbocycles. The standard InChI is InChI=1S/C29H31ClN2O3/c1-6-19(5)20-9-12-26-25(14-20)32-29(35-26)21-8-11-23(30)24(15-21)31-28(33)16-34-27-13-18(4)7-10-22(27)17(2)3/h7-15,17,19H,6,16H2,1-5H3,(H,31,33)/t19-/m1/s1. The predicted molar refractivity (Wildman–Crippen MR) is 143 cm³/mol. The monoisotopic (exact) mass is 490 g/mol. The molecule has 5 nitrogen and oxygen atoms in total. The van der Waals surface area contributed by atoms with Gasteiger partial charge < -0.3 is 14.5 Å². The molecule has 182 valence electrons. The minimum absolute atomic E-state index is 0.120. The van der Waals surface area contributed by atoms with Gasteiger partial charge in [0.15, 0.2) is 12.2 Å². The first-order valence-electron chi connectivity index (χ1n) is 12.0. The molecule has 1 aromatic heterocycles. The minimum Gasteiger partial charge on any atom is -0.483 e. The van der Waals surface area contributed by atoms with E-state index in [1.54, 1.807) is 12.1 Å². The second-order valence-corrected chi connectivity index (χ2v) is 9.69. The van der Waals surface area contributed by atoms with Gasteiger partial charge in [0.25, 0.3) is 5.91 Å². The van der Waals surface area contributed by atoms with Gasteiger partial charge in [0.1, 0.15) is 11.3 Å². The van der Waals surface area contributed by atoms with Crippen LogP contribution in [0.5, 0.6) is 5.75 Å². The molecular weight excluding hydrogens is 460 g/mol. The number of nitrogens with one attached hydrogen (secondary N) is 1. The Morgan fingerprint density at radius 3 is 2.63 bits per heavy atom. The van der Waals surface area contributed by atoms with E-state index >= 15 is 0 Å². The fourth-order valence-electron chi connectivity index (χ4n) is 3.94. The molecule has 4 aromatic rings. The number of fused-ring (bicyclic) bond motifs is 1. The summed E-state index contributed by atoms with van der Waals surface area (Å²) in [6, 6.07) is 17.5. The molecule has 0 saturated heterocycles. The number of rotatable bonds is 8. The Morgan fingerprint density at radius 1 is 1.09 bits per heavy atom. The number of ether oxygens (including phenoxy) is 1. The molecule has 0 fully saturated rings. The number of halogens is 1. The van der Waals surface area contributed by atoms with Gasteiger partial charge in [-0.05, 0) is 78.3 Å². The summed E-state index contributed by atoms with van der Waals surface area (Å²) in [5, 5.41) is 3.28. The number of hydrogen-bond acceptors (Lipinski definition) is 4. The smallest absolute Gasteiger partial charge is 0.262 e. The van der Waals surface area contributed by atoms with E-state index in [2.05, 4.69) is 50.1 Å². The molecule has 1 amide bonds. The summed E-state index contributed by atoms with van der Waals surface area (Å²) in [7, 11) is 0. The van der Waals surface area contributed by atoms with E-state index in [0.29, 0.717) is 22.5 Å². The molecule has 0 aliphatic heterocycles. The Labute approximate surface area is 211 Å². The van der Waals surface area contributed by atoms with Crippen molar-refractivity contribution in [1.82, 2.24) is 4.98 Å². The topological polar surface area (TPSA) is 64.4 Å². The van der Waals surface area contributed by atoms with Gasteiger partial charge in [0.2, 0.25) is 5.89 Å². The maximum atomic E-state index is 12.7. The molecule has 0 bridgehead atoms. The van der Waals surface area contributed by atoms with E-state index in [1.165, 1.54) is 5.56 Å². The van der Waals surface area contributed by atoms with Crippen molar-refractivity contribution in [3.8, 4) is 17.2 Å². The number of amides is 1. The van der Waals surface area contributed by atoms with Crippen LogP contribution in [-0.4, -0.2) is 17.5 Å². The van der Waals surface area contributed by atoms with Gasteiger partial charge in [-0.25, -0.2) is 4.98 Å². The lowest BCUT2D eigenvalue weighted by Gasteiger charge is -2.15. The third kappa shape index (κ3) is 5.68. The van der Waals surface area contributed by atoms with Crippen molar-refractivity contribution >= 4 is 34.3 Å². The van der Waals surface area contributed by atoms with Crippen LogP contribution in [0.25, 0.3) is 22.6 Å². The number of aryl methyl sites for hydroxylation is 1. The number of nitrogens with zero attached hydrogens (tertiary/aromatic N) is 1. The van der Waals surface area contributed by atoms with Crippen molar-refractivity contribution in [3.63, 3.8) is 0 Å². The van der Waals surface area contributed by atoms with Crippen LogP contribution in [0.15, 0.2) is 59.0 Å². The molecule has 1 atom stereocenters. The number of carbonyl (C=O) groups excluding carboxylic acids is 1. The Balaban J connectivity index is 1.51. The zero-order valence-corrected chi connectivity index (χ0v) is 21.6. The molecular formula is C29H31ClN2O3. The van der Waals surface area contributed by atoms with E-state index < -0.39 is 0 Å². The lowest BCUT2D eigenvalue weighted by Crippen LogP contribution is -2.21. The summed E-state index contributed by atoms with van der Waals surface area (Å²) in [6.07, 6.45) is 1.06. The molecule has 0 saturated carbocycles. The average Bonchev–Trinajstić information content (AvgIpc) is 3.27. The molecule has 0 unspecified atom stereocenters. The second kappa shape index (κ2) is 10.5. The summed E-state index contributed by atoms with van der Waals surface area (Å²) in [5.41, 5.74) is 6.12. The SMILES string of the molecule is CC[C@@H](C)c1ccc2oc(-c3ccc(Cl)c(NC(=O)COc4cc(C)ccc4C(C)C)c3)nc2c1. The fourth-order valence-corrected chi connectivity index (χ4v) is 4.10. The summed E-state index contributed by atoms with van der Waals surface area (Å²) in [5.74, 6) is 1.65. The van der Waals surface area contributed by atoms with Gasteiger partial charge in [-0.1, -0.05) is 57.5 Å². The van der Waals surface area contributed by atoms with E-state index in [-0.39, 0.29) is 18.4 Å². The number of oxazole rings is 1. The lowest BCUT2D eigenvalue weighted by atomic mass is 9.98. The quantitative estimate of drug-likeness (QED) is 0.271. The second-order valence-electron chi connectivity index (χ2n) is 9.28. The van der Waals surface area contributed by atoms with Gasteiger partial charge in [-0.2, -0.15) is 0 Å². The van der Waals surface area contributed by atoms with Crippen LogP contribution in [0.1, 0.15) is 62.6 Å². The van der Waals surface area contributed by atoms with Crippen LogP contribution in [0.4, 0.5) is 5.69 Å². The minimum atomic E-state index is -0.295. The third-order valence-corrected chi connectivity index (χ3v) is 6.56. The van der Waals surface area contributed by atoms with Gasteiger partial charge >= 0.3 is 0 Å². The molecule has 3 aromatic carbocycles. The van der Waals surface area contributed by atoms with Crippen molar-refractivity contribution in [2.45, 2.75) is 52.9 Å². The summed E-state index contributed by atoms with van der Waals surface area (Å²) in [6.45, 7) is 10.4. The third-order valence-electron chi connectivity index (χ3n) is 6.23. The van der Waals surface area contributed by atoms with Crippen molar-refractivity contribution in [2.24, 2.45) is 0 Å². The maximum absolute atomic E-state index is 12.7. The number of benzene rings is 3. The highest BCUT2D eigenvalue weighted by molar-refractivity contribution is 6.33. The first kappa shape index (κ1) is 24.8. The van der Waals surface area contributed by atoms with Gasteiger partial charge in [0.05, 0.1) is 10.7 Å². The largest absolute Gasteiger partial charge is 0.483 e. The Kier molecular flexibility index (Phi) is 7.46. The van der Waals surface area contributed by atoms with E-state index in [1.807, 2.05) is 37.3 Å². The Morgan fingerprint density at radius 2 is 1.89 bits per heavy atom. The Bertz CT molecular complexity index is 1360. The van der Waals surface area contributed by atoms with Gasteiger partial charge in [-0.15, -0.1) is 0 Å². The predicted octanol–water partition coefficient (Wildman–Crippen LogP) is 8.11. The fraction of sp³-hybridized carbons (Fsp3) is 0.310. The highest BCUT2D eigenvalue weighted by Gasteiger charge is 2.15. The molecule has 0 spiro atoms. The van der Waals surface area contributed by atoms with E-state index in [9.17, 15) is 4.79 Å². The number of hydrogen-bond donors (Lipinski definition) is 1. The Hall–Kier alpha value is -3.31. The van der Waals surface area contributed by atoms with Crippen molar-refractivity contribution < 1.29 is 13.9 Å². The summed E-state index contributed by atoms with van der Waals surface area (Å²) < 4.78 is 11.8. The van der Waals surface area contributed by atoms with Crippen LogP contribution in [0.2, 0.25) is 5.02 Å².